The van der Waals surface area contributed by atoms with Crippen LogP contribution in [0.25, 0.3) is 11.3 Å². The Kier molecular flexibility index (Phi) is 2.71. The summed E-state index contributed by atoms with van der Waals surface area (Å²) in [6.45, 7) is 2.24. The molecular formula is C16H15BClN3. The second-order valence-corrected chi connectivity index (χ2v) is 6.74. The average Bonchev–Trinajstić information content (AvgIpc) is 3.16. The lowest BCUT2D eigenvalue weighted by Crippen LogP contribution is -2.35. The highest BCUT2D eigenvalue weighted by Gasteiger charge is 2.52. The van der Waals surface area contributed by atoms with Gasteiger partial charge in [-0.05, 0) is 50.1 Å². The Morgan fingerprint density at radius 3 is 2.90 bits per heavy atom. The minimum absolute atomic E-state index is 0.121. The summed E-state index contributed by atoms with van der Waals surface area (Å²) in [6.07, 6.45) is 4.06. The van der Waals surface area contributed by atoms with Crippen molar-refractivity contribution in [3.05, 3.63) is 40.5 Å². The van der Waals surface area contributed by atoms with Gasteiger partial charge in [0, 0.05) is 22.2 Å². The van der Waals surface area contributed by atoms with Gasteiger partial charge in [-0.25, -0.2) is 5.26 Å². The summed E-state index contributed by atoms with van der Waals surface area (Å²) >= 11 is 6.11. The average molecular weight is 296 g/mol. The van der Waals surface area contributed by atoms with Crippen molar-refractivity contribution in [2.75, 3.05) is 0 Å². The zero-order chi connectivity index (χ0) is 14.6. The Labute approximate surface area is 129 Å². The number of benzene rings is 1. The predicted octanol–water partition coefficient (Wildman–Crippen LogP) is 3.65. The zero-order valence-corrected chi connectivity index (χ0v) is 12.7. The van der Waals surface area contributed by atoms with Crippen LogP contribution in [-0.4, -0.2) is 16.5 Å². The van der Waals surface area contributed by atoms with Gasteiger partial charge in [-0.15, -0.1) is 0 Å². The highest BCUT2D eigenvalue weighted by atomic mass is 35.5. The molecule has 0 unspecified atom stereocenters. The summed E-state index contributed by atoms with van der Waals surface area (Å²) in [4.78, 5) is 0. The molecule has 2 aromatic rings. The number of nitriles is 1. The third-order valence-corrected chi connectivity index (χ3v) is 5.10. The van der Waals surface area contributed by atoms with Crippen LogP contribution >= 0.6 is 11.6 Å². The van der Waals surface area contributed by atoms with Crippen LogP contribution in [0.15, 0.2) is 24.3 Å². The molecule has 1 saturated carbocycles. The molecule has 5 heteroatoms. The van der Waals surface area contributed by atoms with E-state index in [-0.39, 0.29) is 12.3 Å². The molecule has 1 aromatic heterocycles. The lowest BCUT2D eigenvalue weighted by atomic mass is 9.42. The van der Waals surface area contributed by atoms with Gasteiger partial charge in [-0.2, -0.15) is 5.10 Å². The molecule has 0 N–H and O–H groups in total. The first-order chi connectivity index (χ1) is 10.1. The molecular weight excluding hydrogens is 280 g/mol. The standard InChI is InChI=1S/C16H15BClN3/c1-11-14-8-17(10-19)9-16(5-6-16)21(14)20-15(11)12-3-2-4-13(18)7-12/h2-4,7H,5-6,8-9H2,1H3. The van der Waals surface area contributed by atoms with Crippen molar-refractivity contribution >= 4 is 18.3 Å². The first-order valence-electron chi connectivity index (χ1n) is 7.37. The molecule has 0 amide bonds. The van der Waals surface area contributed by atoms with Crippen molar-refractivity contribution in [1.82, 2.24) is 9.78 Å². The summed E-state index contributed by atoms with van der Waals surface area (Å²) < 4.78 is 2.21. The second kappa shape index (κ2) is 4.38. The van der Waals surface area contributed by atoms with Crippen molar-refractivity contribution in [2.24, 2.45) is 0 Å². The Morgan fingerprint density at radius 2 is 2.24 bits per heavy atom. The molecule has 0 atom stereocenters. The first kappa shape index (κ1) is 13.0. The van der Waals surface area contributed by atoms with Crippen LogP contribution in [0.1, 0.15) is 24.1 Å². The number of aromatic nitrogens is 2. The van der Waals surface area contributed by atoms with E-state index in [9.17, 15) is 5.26 Å². The Hall–Kier alpha value is -1.73. The number of halogens is 1. The van der Waals surface area contributed by atoms with Gasteiger partial charge in [-0.3, -0.25) is 4.68 Å². The van der Waals surface area contributed by atoms with Gasteiger partial charge in [0.15, 0.2) is 0 Å². The molecule has 104 valence electrons. The second-order valence-electron chi connectivity index (χ2n) is 6.30. The van der Waals surface area contributed by atoms with Crippen LogP contribution in [0, 0.1) is 18.2 Å². The van der Waals surface area contributed by atoms with Crippen molar-refractivity contribution in [2.45, 2.75) is 37.9 Å². The fourth-order valence-corrected chi connectivity index (χ4v) is 3.77. The monoisotopic (exact) mass is 295 g/mol. The molecule has 0 saturated heterocycles. The van der Waals surface area contributed by atoms with Crippen molar-refractivity contribution in [3.8, 4) is 17.2 Å². The molecule has 3 nitrogen and oxygen atoms in total. The molecule has 1 aliphatic carbocycles. The fourth-order valence-electron chi connectivity index (χ4n) is 3.58. The summed E-state index contributed by atoms with van der Waals surface area (Å²) in [5, 5.41) is 15.0. The van der Waals surface area contributed by atoms with Crippen LogP contribution in [0.5, 0.6) is 0 Å². The lowest BCUT2D eigenvalue weighted by molar-refractivity contribution is 0.444. The van der Waals surface area contributed by atoms with Crippen molar-refractivity contribution in [1.29, 1.82) is 5.26 Å². The minimum atomic E-state index is 0.121. The summed E-state index contributed by atoms with van der Waals surface area (Å²) in [7, 11) is 0. The quantitative estimate of drug-likeness (QED) is 0.754. The third-order valence-electron chi connectivity index (χ3n) is 4.87. The summed E-state index contributed by atoms with van der Waals surface area (Å²) in [5.41, 5.74) is 4.63. The molecule has 0 bridgehead atoms. The number of hydrogen-bond acceptors (Lipinski definition) is 2. The maximum Gasteiger partial charge on any atom is 0.276 e. The third kappa shape index (κ3) is 1.92. The van der Waals surface area contributed by atoms with Gasteiger partial charge in [0.1, 0.15) is 0 Å². The SMILES string of the molecule is Cc1c(-c2cccc(Cl)c2)nn2c1CB(C#N)CC21CC1. The first-order valence-corrected chi connectivity index (χ1v) is 7.75. The van der Waals surface area contributed by atoms with E-state index >= 15 is 0 Å². The van der Waals surface area contributed by atoms with E-state index in [1.165, 1.54) is 11.3 Å². The highest BCUT2D eigenvalue weighted by molar-refractivity contribution is 6.66. The van der Waals surface area contributed by atoms with Gasteiger partial charge >= 0.3 is 0 Å². The maximum absolute atomic E-state index is 9.33. The molecule has 2 aliphatic rings. The number of hydrogen-bond donors (Lipinski definition) is 0. The predicted molar refractivity (Wildman–Crippen MR) is 84.5 cm³/mol. The Balaban J connectivity index is 1.87. The summed E-state index contributed by atoms with van der Waals surface area (Å²) in [5.74, 6) is 2.46. The van der Waals surface area contributed by atoms with Gasteiger partial charge in [0.2, 0.25) is 0 Å². The van der Waals surface area contributed by atoms with Crippen LogP contribution in [-0.2, 0) is 11.9 Å². The Bertz CT molecular complexity index is 770. The van der Waals surface area contributed by atoms with E-state index < -0.39 is 0 Å². The van der Waals surface area contributed by atoms with Crippen LogP contribution in [0.3, 0.4) is 0 Å². The van der Waals surface area contributed by atoms with E-state index in [2.05, 4.69) is 23.6 Å². The van der Waals surface area contributed by atoms with Crippen molar-refractivity contribution < 1.29 is 0 Å². The maximum atomic E-state index is 9.33. The number of fused-ring (bicyclic) bond motifs is 2. The topological polar surface area (TPSA) is 41.6 Å². The van der Waals surface area contributed by atoms with E-state index in [0.717, 1.165) is 41.8 Å². The molecule has 0 radical (unpaired) electrons. The molecule has 1 spiro atoms. The van der Waals surface area contributed by atoms with Crippen molar-refractivity contribution in [3.63, 3.8) is 0 Å². The highest BCUT2D eigenvalue weighted by Crippen LogP contribution is 2.51. The normalized spacial score (nSPS) is 18.4. The van der Waals surface area contributed by atoms with Gasteiger partial charge in [0.05, 0.1) is 11.2 Å². The molecule has 1 aromatic carbocycles. The Morgan fingerprint density at radius 1 is 1.43 bits per heavy atom. The zero-order valence-electron chi connectivity index (χ0n) is 11.9. The molecule has 4 rings (SSSR count). The van der Waals surface area contributed by atoms with E-state index in [1.807, 2.05) is 18.2 Å². The number of rotatable bonds is 1. The van der Waals surface area contributed by atoms with Crippen LogP contribution in [0.2, 0.25) is 11.3 Å². The van der Waals surface area contributed by atoms with Gasteiger partial charge in [-0.1, -0.05) is 23.7 Å². The minimum Gasteiger partial charge on any atom is -0.264 e. The molecule has 2 heterocycles. The molecule has 1 fully saturated rings. The van der Waals surface area contributed by atoms with Crippen LogP contribution < -0.4 is 0 Å². The molecule has 21 heavy (non-hydrogen) atoms. The largest absolute Gasteiger partial charge is 0.276 e. The van der Waals surface area contributed by atoms with E-state index in [0.29, 0.717) is 0 Å². The smallest absolute Gasteiger partial charge is 0.264 e. The number of nitrogens with zero attached hydrogens (tertiary/aromatic N) is 3. The fraction of sp³-hybridized carbons (Fsp3) is 0.375. The lowest BCUT2D eigenvalue weighted by Gasteiger charge is -2.26. The van der Waals surface area contributed by atoms with Gasteiger partial charge < -0.3 is 0 Å². The van der Waals surface area contributed by atoms with Crippen LogP contribution in [0.4, 0.5) is 0 Å². The van der Waals surface area contributed by atoms with Gasteiger partial charge in [0.25, 0.3) is 6.71 Å². The van der Waals surface area contributed by atoms with E-state index in [4.69, 9.17) is 16.7 Å². The summed E-state index contributed by atoms with van der Waals surface area (Å²) in [6, 6.07) is 7.85. The molecule has 1 aliphatic heterocycles. The van der Waals surface area contributed by atoms with E-state index in [1.54, 1.807) is 0 Å².